The summed E-state index contributed by atoms with van der Waals surface area (Å²) in [6.45, 7) is 7.95. The van der Waals surface area contributed by atoms with E-state index in [1.807, 2.05) is 24.3 Å². The van der Waals surface area contributed by atoms with Crippen LogP contribution >= 0.6 is 11.6 Å². The van der Waals surface area contributed by atoms with Crippen molar-refractivity contribution in [3.63, 3.8) is 0 Å². The van der Waals surface area contributed by atoms with Gasteiger partial charge in [-0.1, -0.05) is 23.7 Å². The summed E-state index contributed by atoms with van der Waals surface area (Å²) in [5.41, 5.74) is 9.15. The second-order valence-corrected chi connectivity index (χ2v) is 9.37. The largest absolute Gasteiger partial charge is 0.486 e. The molecule has 1 saturated heterocycles. The molecule has 32 heavy (non-hydrogen) atoms. The summed E-state index contributed by atoms with van der Waals surface area (Å²) < 4.78 is 8.40. The molecule has 0 spiro atoms. The molecular weight excluding hydrogens is 420 g/mol. The van der Waals surface area contributed by atoms with E-state index in [0.29, 0.717) is 11.6 Å². The molecule has 0 aliphatic carbocycles. The van der Waals surface area contributed by atoms with E-state index in [0.717, 1.165) is 49.1 Å². The molecule has 4 rings (SSSR count). The fraction of sp³-hybridized carbons (Fsp3) is 0.500. The van der Waals surface area contributed by atoms with Gasteiger partial charge in [0.15, 0.2) is 0 Å². The van der Waals surface area contributed by atoms with Crippen molar-refractivity contribution in [2.45, 2.75) is 52.2 Å². The third-order valence-corrected chi connectivity index (χ3v) is 6.87. The van der Waals surface area contributed by atoms with Crippen molar-refractivity contribution in [3.05, 3.63) is 58.9 Å². The maximum Gasteiger partial charge on any atom is 0.148 e. The number of imidazole rings is 1. The minimum absolute atomic E-state index is 0.454. The first-order valence-electron chi connectivity index (χ1n) is 11.9. The number of hydrogen-bond donors (Lipinski definition) is 1. The molecule has 2 N–H and O–H groups in total. The normalized spacial score (nSPS) is 15.5. The Morgan fingerprint density at radius 2 is 1.84 bits per heavy atom. The molecule has 1 aromatic heterocycles. The van der Waals surface area contributed by atoms with Crippen LogP contribution in [0.2, 0.25) is 5.02 Å². The smallest absolute Gasteiger partial charge is 0.148 e. The number of piperidine rings is 1. The van der Waals surface area contributed by atoms with Crippen molar-refractivity contribution in [2.24, 2.45) is 11.7 Å². The van der Waals surface area contributed by atoms with Crippen LogP contribution in [-0.2, 0) is 13.2 Å². The standard InChI is InChI=1S/C26H35ClN4O/c1-20-5-2-7-24-26(20)29-25(19-32-23-10-8-22(27)9-11-23)31(24)16-3-6-21-12-17-30(18-13-21)15-4-14-28/h2,5,7-11,21H,3-4,6,12-19,28H2,1H3. The third-order valence-electron chi connectivity index (χ3n) is 6.62. The van der Waals surface area contributed by atoms with Crippen molar-refractivity contribution in [1.82, 2.24) is 14.5 Å². The summed E-state index contributed by atoms with van der Waals surface area (Å²) in [4.78, 5) is 7.51. The van der Waals surface area contributed by atoms with Crippen LogP contribution in [0.4, 0.5) is 0 Å². The van der Waals surface area contributed by atoms with E-state index in [9.17, 15) is 0 Å². The summed E-state index contributed by atoms with van der Waals surface area (Å²) in [6.07, 6.45) is 6.16. The van der Waals surface area contributed by atoms with Crippen LogP contribution in [0.15, 0.2) is 42.5 Å². The van der Waals surface area contributed by atoms with Gasteiger partial charge in [-0.15, -0.1) is 0 Å². The molecule has 0 amide bonds. The van der Waals surface area contributed by atoms with Crippen LogP contribution in [0.1, 0.15) is 43.5 Å². The first kappa shape index (κ1) is 23.1. The number of ether oxygens (including phenoxy) is 1. The van der Waals surface area contributed by atoms with Crippen molar-refractivity contribution in [1.29, 1.82) is 0 Å². The van der Waals surface area contributed by atoms with E-state index in [-0.39, 0.29) is 0 Å². The van der Waals surface area contributed by atoms with Gasteiger partial charge >= 0.3 is 0 Å². The zero-order chi connectivity index (χ0) is 22.3. The van der Waals surface area contributed by atoms with Crippen LogP contribution in [0.5, 0.6) is 5.75 Å². The van der Waals surface area contributed by atoms with Gasteiger partial charge in [0.05, 0.1) is 11.0 Å². The molecule has 5 nitrogen and oxygen atoms in total. The van der Waals surface area contributed by atoms with E-state index in [1.165, 1.54) is 49.9 Å². The summed E-state index contributed by atoms with van der Waals surface area (Å²) in [7, 11) is 0. The zero-order valence-electron chi connectivity index (χ0n) is 19.1. The lowest BCUT2D eigenvalue weighted by molar-refractivity contribution is 0.176. The van der Waals surface area contributed by atoms with E-state index in [1.54, 1.807) is 0 Å². The van der Waals surface area contributed by atoms with Crippen LogP contribution in [-0.4, -0.2) is 40.6 Å². The van der Waals surface area contributed by atoms with Crippen LogP contribution in [0.3, 0.4) is 0 Å². The minimum atomic E-state index is 0.454. The number of fused-ring (bicyclic) bond motifs is 1. The predicted molar refractivity (Wildman–Crippen MR) is 132 cm³/mol. The molecule has 2 heterocycles. The molecule has 0 saturated carbocycles. The van der Waals surface area contributed by atoms with Crippen molar-refractivity contribution < 1.29 is 4.74 Å². The van der Waals surface area contributed by atoms with Gasteiger partial charge in [0, 0.05) is 11.6 Å². The third kappa shape index (κ3) is 5.83. The van der Waals surface area contributed by atoms with Crippen LogP contribution < -0.4 is 10.5 Å². The Bertz CT molecular complexity index is 993. The van der Waals surface area contributed by atoms with Crippen molar-refractivity contribution in [2.75, 3.05) is 26.2 Å². The van der Waals surface area contributed by atoms with Crippen molar-refractivity contribution >= 4 is 22.6 Å². The molecule has 1 aliphatic rings. The molecule has 0 bridgehead atoms. The SMILES string of the molecule is Cc1cccc2c1nc(COc1ccc(Cl)cc1)n2CCCC1CCN(CCCN)CC1. The number of aryl methyl sites for hydroxylation is 2. The summed E-state index contributed by atoms with van der Waals surface area (Å²) in [5.74, 6) is 2.63. The van der Waals surface area contributed by atoms with Gasteiger partial charge in [0.25, 0.3) is 0 Å². The fourth-order valence-corrected chi connectivity index (χ4v) is 4.85. The number of aromatic nitrogens is 2. The summed E-state index contributed by atoms with van der Waals surface area (Å²) in [5, 5.41) is 0.713. The molecule has 3 aromatic rings. The highest BCUT2D eigenvalue weighted by Gasteiger charge is 2.19. The van der Waals surface area contributed by atoms with Gasteiger partial charge in [-0.05, 0) is 107 Å². The Hall–Kier alpha value is -2.08. The van der Waals surface area contributed by atoms with Crippen molar-refractivity contribution in [3.8, 4) is 5.75 Å². The number of nitrogens with two attached hydrogens (primary N) is 1. The summed E-state index contributed by atoms with van der Waals surface area (Å²) >= 11 is 6.00. The molecule has 2 aromatic carbocycles. The van der Waals surface area contributed by atoms with E-state index >= 15 is 0 Å². The number of rotatable bonds is 10. The molecule has 6 heteroatoms. The number of nitrogens with zero attached hydrogens (tertiary/aromatic N) is 3. The van der Waals surface area contributed by atoms with Gasteiger partial charge < -0.3 is 19.9 Å². The fourth-order valence-electron chi connectivity index (χ4n) is 4.73. The molecule has 0 atom stereocenters. The highest BCUT2D eigenvalue weighted by atomic mass is 35.5. The van der Waals surface area contributed by atoms with Gasteiger partial charge in [-0.2, -0.15) is 0 Å². The number of halogens is 1. The first-order chi connectivity index (χ1) is 15.6. The molecule has 0 unspecified atom stereocenters. The maximum atomic E-state index is 6.04. The second kappa shape index (κ2) is 11.2. The van der Waals surface area contributed by atoms with E-state index in [4.69, 9.17) is 27.1 Å². The Morgan fingerprint density at radius 1 is 1.06 bits per heavy atom. The van der Waals surface area contributed by atoms with Crippen LogP contribution in [0, 0.1) is 12.8 Å². The molecule has 0 radical (unpaired) electrons. The number of para-hydroxylation sites is 1. The minimum Gasteiger partial charge on any atom is -0.486 e. The maximum absolute atomic E-state index is 6.04. The van der Waals surface area contributed by atoms with Gasteiger partial charge in [0.2, 0.25) is 0 Å². The Labute approximate surface area is 196 Å². The number of hydrogen-bond acceptors (Lipinski definition) is 4. The van der Waals surface area contributed by atoms with Gasteiger partial charge in [0.1, 0.15) is 18.2 Å². The Morgan fingerprint density at radius 3 is 2.59 bits per heavy atom. The van der Waals surface area contributed by atoms with E-state index < -0.39 is 0 Å². The lowest BCUT2D eigenvalue weighted by Crippen LogP contribution is -2.35. The molecule has 1 fully saturated rings. The highest BCUT2D eigenvalue weighted by Crippen LogP contribution is 2.25. The predicted octanol–water partition coefficient (Wildman–Crippen LogP) is 5.42. The highest BCUT2D eigenvalue weighted by molar-refractivity contribution is 6.30. The summed E-state index contributed by atoms with van der Waals surface area (Å²) in [6, 6.07) is 13.9. The quantitative estimate of drug-likeness (QED) is 0.444. The lowest BCUT2D eigenvalue weighted by Gasteiger charge is -2.32. The molecular formula is C26H35ClN4O. The van der Waals surface area contributed by atoms with Gasteiger partial charge in [-0.25, -0.2) is 4.98 Å². The number of likely N-dealkylation sites (tertiary alicyclic amines) is 1. The second-order valence-electron chi connectivity index (χ2n) is 8.93. The molecule has 172 valence electrons. The van der Waals surface area contributed by atoms with Crippen LogP contribution in [0.25, 0.3) is 11.0 Å². The average molecular weight is 455 g/mol. The number of benzene rings is 2. The Balaban J connectivity index is 1.38. The van der Waals surface area contributed by atoms with E-state index in [2.05, 4.69) is 34.6 Å². The molecule has 1 aliphatic heterocycles. The lowest BCUT2D eigenvalue weighted by atomic mass is 9.92. The average Bonchev–Trinajstić information content (AvgIpc) is 3.17. The first-order valence-corrected chi connectivity index (χ1v) is 12.3. The van der Waals surface area contributed by atoms with Gasteiger partial charge in [-0.3, -0.25) is 0 Å². The zero-order valence-corrected chi connectivity index (χ0v) is 19.9. The topological polar surface area (TPSA) is 56.3 Å². The Kier molecular flexibility index (Phi) is 8.06. The monoisotopic (exact) mass is 454 g/mol.